The standard InChI is InChI=1S/C25H28Cl2N4O3/c1-16(2)23(29-10-9-20-12-28-15-30-20)24(32)31(14-19-7-4-8-21(26)22(19)27)13-17-5-3-6-18(11-17)25(33)34/h3-8,11-12,15-16,23,29H,9-10,13-14H2,1-2H3,(H,28,30)(H,33,34)/t23-/m0/s1. The second-order valence-corrected chi connectivity index (χ2v) is 9.18. The van der Waals surface area contributed by atoms with Crippen molar-refractivity contribution in [3.8, 4) is 0 Å². The number of carbonyl (C=O) groups excluding carboxylic acids is 1. The molecule has 0 saturated heterocycles. The summed E-state index contributed by atoms with van der Waals surface area (Å²) in [5, 5.41) is 13.5. The summed E-state index contributed by atoms with van der Waals surface area (Å²) in [6.45, 7) is 5.02. The number of carboxylic acids is 1. The zero-order valence-corrected chi connectivity index (χ0v) is 20.6. The summed E-state index contributed by atoms with van der Waals surface area (Å²) in [7, 11) is 0. The van der Waals surface area contributed by atoms with Gasteiger partial charge in [-0.2, -0.15) is 0 Å². The van der Waals surface area contributed by atoms with Gasteiger partial charge in [0.1, 0.15) is 0 Å². The van der Waals surface area contributed by atoms with Crippen LogP contribution < -0.4 is 5.32 Å². The van der Waals surface area contributed by atoms with Crippen LogP contribution in [0.2, 0.25) is 10.0 Å². The molecule has 1 heterocycles. The molecule has 0 saturated carbocycles. The Labute approximate surface area is 209 Å². The van der Waals surface area contributed by atoms with Gasteiger partial charge in [-0.15, -0.1) is 0 Å². The highest BCUT2D eigenvalue weighted by atomic mass is 35.5. The van der Waals surface area contributed by atoms with E-state index >= 15 is 0 Å². The molecule has 0 bridgehead atoms. The zero-order valence-electron chi connectivity index (χ0n) is 19.1. The molecule has 3 N–H and O–H groups in total. The van der Waals surface area contributed by atoms with Gasteiger partial charge in [0.15, 0.2) is 0 Å². The number of benzene rings is 2. The van der Waals surface area contributed by atoms with Crippen LogP contribution in [0.5, 0.6) is 0 Å². The van der Waals surface area contributed by atoms with Gasteiger partial charge in [-0.05, 0) is 35.2 Å². The Hall–Kier alpha value is -2.87. The molecular formula is C25H28Cl2N4O3. The Morgan fingerprint density at radius 3 is 2.59 bits per heavy atom. The van der Waals surface area contributed by atoms with E-state index in [1.165, 1.54) is 6.07 Å². The lowest BCUT2D eigenvalue weighted by molar-refractivity contribution is -0.135. The number of aromatic carboxylic acids is 1. The van der Waals surface area contributed by atoms with E-state index in [1.54, 1.807) is 35.5 Å². The van der Waals surface area contributed by atoms with E-state index < -0.39 is 12.0 Å². The molecule has 2 aromatic carbocycles. The molecule has 0 spiro atoms. The largest absolute Gasteiger partial charge is 0.478 e. The number of aromatic nitrogens is 2. The van der Waals surface area contributed by atoms with Crippen molar-refractivity contribution in [1.82, 2.24) is 20.2 Å². The number of amides is 1. The van der Waals surface area contributed by atoms with Crippen LogP contribution >= 0.6 is 23.2 Å². The normalized spacial score (nSPS) is 12.0. The Kier molecular flexibility index (Phi) is 9.10. The first-order chi connectivity index (χ1) is 16.3. The number of hydrogen-bond donors (Lipinski definition) is 3. The van der Waals surface area contributed by atoms with Crippen LogP contribution in [0, 0.1) is 5.92 Å². The van der Waals surface area contributed by atoms with E-state index in [4.69, 9.17) is 23.2 Å². The molecule has 0 fully saturated rings. The van der Waals surface area contributed by atoms with Crippen molar-refractivity contribution >= 4 is 35.1 Å². The van der Waals surface area contributed by atoms with Crippen LogP contribution in [0.1, 0.15) is 41.0 Å². The van der Waals surface area contributed by atoms with E-state index in [0.717, 1.165) is 11.3 Å². The Balaban J connectivity index is 1.85. The molecule has 0 radical (unpaired) electrons. The third kappa shape index (κ3) is 6.82. The Morgan fingerprint density at radius 2 is 1.91 bits per heavy atom. The second-order valence-electron chi connectivity index (χ2n) is 8.40. The van der Waals surface area contributed by atoms with Gasteiger partial charge in [0.05, 0.1) is 33.7 Å². The number of rotatable bonds is 11. The van der Waals surface area contributed by atoms with Gasteiger partial charge in [0.25, 0.3) is 0 Å². The van der Waals surface area contributed by atoms with Gasteiger partial charge in [-0.1, -0.05) is 61.3 Å². The highest BCUT2D eigenvalue weighted by Gasteiger charge is 2.28. The molecule has 1 amide bonds. The van der Waals surface area contributed by atoms with Gasteiger partial charge in [0.2, 0.25) is 5.91 Å². The summed E-state index contributed by atoms with van der Waals surface area (Å²) >= 11 is 12.6. The van der Waals surface area contributed by atoms with E-state index in [-0.39, 0.29) is 30.5 Å². The molecule has 180 valence electrons. The Morgan fingerprint density at radius 1 is 1.15 bits per heavy atom. The molecule has 1 aromatic heterocycles. The predicted molar refractivity (Wildman–Crippen MR) is 133 cm³/mol. The van der Waals surface area contributed by atoms with Crippen molar-refractivity contribution in [3.05, 3.63) is 87.4 Å². The van der Waals surface area contributed by atoms with Crippen molar-refractivity contribution in [1.29, 1.82) is 0 Å². The third-order valence-corrected chi connectivity index (χ3v) is 6.34. The maximum atomic E-state index is 13.8. The second kappa shape index (κ2) is 12.0. The molecular weight excluding hydrogens is 475 g/mol. The summed E-state index contributed by atoms with van der Waals surface area (Å²) in [5.41, 5.74) is 2.51. The SMILES string of the molecule is CC(C)[C@H](NCCc1c[nH]cn1)C(=O)N(Cc1cccc(C(=O)O)c1)Cc1cccc(Cl)c1Cl. The summed E-state index contributed by atoms with van der Waals surface area (Å²) in [6, 6.07) is 11.5. The minimum absolute atomic E-state index is 0.0226. The summed E-state index contributed by atoms with van der Waals surface area (Å²) in [5.74, 6) is -1.10. The molecule has 0 unspecified atom stereocenters. The summed E-state index contributed by atoms with van der Waals surface area (Å²) < 4.78 is 0. The number of carboxylic acid groups (broad SMARTS) is 1. The van der Waals surface area contributed by atoms with Crippen LogP contribution in [-0.4, -0.2) is 44.4 Å². The fourth-order valence-corrected chi connectivity index (χ4v) is 4.08. The van der Waals surface area contributed by atoms with Crippen molar-refractivity contribution in [2.24, 2.45) is 5.92 Å². The number of hydrogen-bond acceptors (Lipinski definition) is 4. The van der Waals surface area contributed by atoms with Gasteiger partial charge in [-0.3, -0.25) is 4.79 Å². The number of nitrogens with zero attached hydrogens (tertiary/aromatic N) is 2. The first kappa shape index (κ1) is 25.7. The molecule has 0 aliphatic carbocycles. The number of nitrogens with one attached hydrogen (secondary N) is 2. The van der Waals surface area contributed by atoms with Crippen molar-refractivity contribution in [2.75, 3.05) is 6.54 Å². The number of H-pyrrole nitrogens is 1. The Bertz CT molecular complexity index is 1120. The van der Waals surface area contributed by atoms with E-state index in [2.05, 4.69) is 15.3 Å². The van der Waals surface area contributed by atoms with Crippen LogP contribution in [0.3, 0.4) is 0 Å². The lowest BCUT2D eigenvalue weighted by atomic mass is 10.0. The molecule has 34 heavy (non-hydrogen) atoms. The minimum atomic E-state index is -1.02. The smallest absolute Gasteiger partial charge is 0.335 e. The van der Waals surface area contributed by atoms with Gasteiger partial charge < -0.3 is 20.3 Å². The van der Waals surface area contributed by atoms with Crippen LogP contribution in [0.4, 0.5) is 0 Å². The minimum Gasteiger partial charge on any atom is -0.478 e. The van der Waals surface area contributed by atoms with E-state index in [1.807, 2.05) is 32.2 Å². The molecule has 3 aromatic rings. The maximum absolute atomic E-state index is 13.8. The van der Waals surface area contributed by atoms with Crippen molar-refractivity contribution in [3.63, 3.8) is 0 Å². The number of carbonyl (C=O) groups is 2. The molecule has 9 heteroatoms. The molecule has 0 aliphatic rings. The molecule has 3 rings (SSSR count). The number of imidazole rings is 1. The van der Waals surface area contributed by atoms with Gasteiger partial charge >= 0.3 is 5.97 Å². The monoisotopic (exact) mass is 502 g/mol. The summed E-state index contributed by atoms with van der Waals surface area (Å²) in [4.78, 5) is 34.0. The third-order valence-electron chi connectivity index (χ3n) is 5.48. The quantitative estimate of drug-likeness (QED) is 0.349. The van der Waals surface area contributed by atoms with Crippen LogP contribution in [0.15, 0.2) is 55.0 Å². The lowest BCUT2D eigenvalue weighted by Gasteiger charge is -2.30. The zero-order chi connectivity index (χ0) is 24.7. The van der Waals surface area contributed by atoms with E-state index in [9.17, 15) is 14.7 Å². The first-order valence-electron chi connectivity index (χ1n) is 11.0. The highest BCUT2D eigenvalue weighted by Crippen LogP contribution is 2.27. The fraction of sp³-hybridized carbons (Fsp3) is 0.320. The highest BCUT2D eigenvalue weighted by molar-refractivity contribution is 6.42. The van der Waals surface area contributed by atoms with Crippen molar-refractivity contribution in [2.45, 2.75) is 39.4 Å². The lowest BCUT2D eigenvalue weighted by Crippen LogP contribution is -2.49. The van der Waals surface area contributed by atoms with Gasteiger partial charge in [0, 0.05) is 32.3 Å². The van der Waals surface area contributed by atoms with Crippen molar-refractivity contribution < 1.29 is 14.7 Å². The predicted octanol–water partition coefficient (Wildman–Crippen LogP) is 4.80. The topological polar surface area (TPSA) is 98.3 Å². The molecule has 7 nitrogen and oxygen atoms in total. The molecule has 1 atom stereocenters. The maximum Gasteiger partial charge on any atom is 0.335 e. The van der Waals surface area contributed by atoms with Gasteiger partial charge in [-0.25, -0.2) is 9.78 Å². The average molecular weight is 503 g/mol. The van der Waals surface area contributed by atoms with Crippen LogP contribution in [0.25, 0.3) is 0 Å². The number of halogens is 2. The fourth-order valence-electron chi connectivity index (χ4n) is 3.70. The van der Waals surface area contributed by atoms with E-state index in [0.29, 0.717) is 28.6 Å². The van der Waals surface area contributed by atoms with Crippen LogP contribution in [-0.2, 0) is 24.3 Å². The number of aromatic amines is 1. The first-order valence-corrected chi connectivity index (χ1v) is 11.8. The summed E-state index contributed by atoms with van der Waals surface area (Å²) in [6.07, 6.45) is 4.14. The average Bonchev–Trinajstić information content (AvgIpc) is 3.32. The molecule has 0 aliphatic heterocycles.